The number of carbonyl (C=O) groups is 1. The van der Waals surface area contributed by atoms with Crippen LogP contribution in [-0.4, -0.2) is 19.2 Å². The van der Waals surface area contributed by atoms with Crippen LogP contribution in [0.4, 0.5) is 0 Å². The van der Waals surface area contributed by atoms with Crippen molar-refractivity contribution in [1.82, 2.24) is 0 Å². The summed E-state index contributed by atoms with van der Waals surface area (Å²) in [5.41, 5.74) is 3.44. The van der Waals surface area contributed by atoms with E-state index < -0.39 is 0 Å². The number of unbranched alkanes of at least 4 members (excludes halogenated alkanes) is 4. The third-order valence-electron chi connectivity index (χ3n) is 12.1. The largest absolute Gasteiger partial charge is 0.493 e. The summed E-state index contributed by atoms with van der Waals surface area (Å²) in [4.78, 5) is 13.2. The van der Waals surface area contributed by atoms with Crippen LogP contribution >= 0.6 is 0 Å². The van der Waals surface area contributed by atoms with Gasteiger partial charge in [-0.1, -0.05) is 109 Å². The average molecular weight is 629 g/mol. The highest BCUT2D eigenvalue weighted by Gasteiger charge is 2.35. The van der Waals surface area contributed by atoms with Crippen molar-refractivity contribution in [3.63, 3.8) is 0 Å². The van der Waals surface area contributed by atoms with Gasteiger partial charge in [-0.15, -0.1) is 0 Å². The van der Waals surface area contributed by atoms with Crippen molar-refractivity contribution in [3.05, 3.63) is 65.2 Å². The maximum absolute atomic E-state index is 13.2. The molecule has 3 nitrogen and oxygen atoms in total. The molecule has 0 N–H and O–H groups in total. The van der Waals surface area contributed by atoms with Gasteiger partial charge in [-0.05, 0) is 123 Å². The number of carbonyl (C=O) groups excluding carboxylic acids is 1. The Labute approximate surface area is 281 Å². The molecule has 0 aromatic heterocycles. The van der Waals surface area contributed by atoms with E-state index in [4.69, 9.17) is 9.47 Å². The van der Waals surface area contributed by atoms with Gasteiger partial charge in [0.2, 0.25) is 0 Å². The Balaban J connectivity index is 1.07. The van der Waals surface area contributed by atoms with Crippen LogP contribution in [0.1, 0.15) is 182 Å². The van der Waals surface area contributed by atoms with Crippen LogP contribution in [0.25, 0.3) is 0 Å². The first-order valence-electron chi connectivity index (χ1n) is 19.6. The molecule has 3 fully saturated rings. The highest BCUT2D eigenvalue weighted by molar-refractivity contribution is 5.89. The van der Waals surface area contributed by atoms with Gasteiger partial charge in [-0.3, -0.25) is 0 Å². The van der Waals surface area contributed by atoms with Crippen molar-refractivity contribution in [1.29, 1.82) is 0 Å². The first-order valence-corrected chi connectivity index (χ1v) is 19.6. The Morgan fingerprint density at radius 2 is 1.13 bits per heavy atom. The summed E-state index contributed by atoms with van der Waals surface area (Å²) in [6.45, 7) is 5.64. The van der Waals surface area contributed by atoms with Crippen molar-refractivity contribution in [2.24, 2.45) is 17.3 Å². The molecule has 3 aliphatic rings. The normalized spacial score (nSPS) is 24.7. The molecule has 46 heavy (non-hydrogen) atoms. The topological polar surface area (TPSA) is 35.5 Å². The van der Waals surface area contributed by atoms with Crippen molar-refractivity contribution in [2.45, 2.75) is 161 Å². The summed E-state index contributed by atoms with van der Waals surface area (Å²) < 4.78 is 12.5. The molecule has 2 aromatic rings. The summed E-state index contributed by atoms with van der Waals surface area (Å²) in [6.07, 6.45) is 27.5. The SMILES string of the molecule is CCCCCC1CCC(c2ccc(OCC3(COC(=O)c4ccc(C5CCC(CCCCC)CC5)cc4)CCCCC3)cc2)CC1. The molecule has 0 heterocycles. The number of rotatable bonds is 16. The van der Waals surface area contributed by atoms with Crippen LogP contribution in [0, 0.1) is 17.3 Å². The molecule has 0 radical (unpaired) electrons. The van der Waals surface area contributed by atoms with Crippen LogP contribution in [0.3, 0.4) is 0 Å². The van der Waals surface area contributed by atoms with E-state index in [0.717, 1.165) is 30.4 Å². The van der Waals surface area contributed by atoms with Crippen molar-refractivity contribution < 1.29 is 14.3 Å². The van der Waals surface area contributed by atoms with E-state index in [1.807, 2.05) is 12.1 Å². The van der Waals surface area contributed by atoms with E-state index in [2.05, 4.69) is 50.2 Å². The lowest BCUT2D eigenvalue weighted by Gasteiger charge is -2.36. The Morgan fingerprint density at radius 3 is 1.63 bits per heavy atom. The lowest BCUT2D eigenvalue weighted by atomic mass is 9.75. The number of ether oxygens (including phenoxy) is 2. The Hall–Kier alpha value is -2.29. The number of benzene rings is 2. The highest BCUT2D eigenvalue weighted by atomic mass is 16.5. The van der Waals surface area contributed by atoms with E-state index in [1.165, 1.54) is 133 Å². The highest BCUT2D eigenvalue weighted by Crippen LogP contribution is 2.41. The molecule has 5 rings (SSSR count). The summed E-state index contributed by atoms with van der Waals surface area (Å²) >= 11 is 0. The second-order valence-electron chi connectivity index (χ2n) is 15.5. The minimum absolute atomic E-state index is 0.0988. The van der Waals surface area contributed by atoms with E-state index in [0.29, 0.717) is 30.6 Å². The van der Waals surface area contributed by atoms with Gasteiger partial charge in [0.05, 0.1) is 12.2 Å². The minimum atomic E-state index is -0.194. The van der Waals surface area contributed by atoms with Crippen LogP contribution in [-0.2, 0) is 4.74 Å². The molecule has 0 spiro atoms. The summed E-state index contributed by atoms with van der Waals surface area (Å²) in [6, 6.07) is 17.3. The van der Waals surface area contributed by atoms with Crippen LogP contribution in [0.15, 0.2) is 48.5 Å². The van der Waals surface area contributed by atoms with Crippen molar-refractivity contribution in [2.75, 3.05) is 13.2 Å². The van der Waals surface area contributed by atoms with Crippen LogP contribution in [0.2, 0.25) is 0 Å². The summed E-state index contributed by atoms with van der Waals surface area (Å²) in [5.74, 6) is 3.95. The first kappa shape index (κ1) is 35.0. The molecular formula is C43H64O3. The van der Waals surface area contributed by atoms with E-state index in [-0.39, 0.29) is 11.4 Å². The monoisotopic (exact) mass is 628 g/mol. The molecule has 0 aliphatic heterocycles. The fourth-order valence-electron chi connectivity index (χ4n) is 8.83. The maximum atomic E-state index is 13.2. The maximum Gasteiger partial charge on any atom is 0.338 e. The molecule has 0 atom stereocenters. The van der Waals surface area contributed by atoms with Gasteiger partial charge in [0, 0.05) is 5.41 Å². The Kier molecular flexibility index (Phi) is 13.9. The first-order chi connectivity index (χ1) is 22.6. The van der Waals surface area contributed by atoms with E-state index in [1.54, 1.807) is 0 Å². The van der Waals surface area contributed by atoms with Crippen LogP contribution in [0.5, 0.6) is 5.75 Å². The lowest BCUT2D eigenvalue weighted by molar-refractivity contribution is -0.000915. The second kappa shape index (κ2) is 18.3. The minimum Gasteiger partial charge on any atom is -0.493 e. The molecule has 3 saturated carbocycles. The summed E-state index contributed by atoms with van der Waals surface area (Å²) in [7, 11) is 0. The zero-order valence-electron chi connectivity index (χ0n) is 29.4. The predicted molar refractivity (Wildman–Crippen MR) is 192 cm³/mol. The second-order valence-corrected chi connectivity index (χ2v) is 15.5. The molecule has 2 aromatic carbocycles. The third kappa shape index (κ3) is 10.4. The fraction of sp³-hybridized carbons (Fsp3) is 0.698. The van der Waals surface area contributed by atoms with Gasteiger partial charge in [-0.2, -0.15) is 0 Å². The molecule has 0 bridgehead atoms. The summed E-state index contributed by atoms with van der Waals surface area (Å²) in [5, 5.41) is 0. The third-order valence-corrected chi connectivity index (χ3v) is 12.1. The van der Waals surface area contributed by atoms with Crippen molar-refractivity contribution in [3.8, 4) is 5.75 Å². The zero-order valence-corrected chi connectivity index (χ0v) is 29.4. The Bertz CT molecular complexity index is 1130. The van der Waals surface area contributed by atoms with Gasteiger partial charge in [0.15, 0.2) is 0 Å². The number of hydrogen-bond donors (Lipinski definition) is 0. The molecule has 254 valence electrons. The number of esters is 1. The molecule has 0 saturated heterocycles. The standard InChI is InChI=1S/C43H64O3/c1-3-5-8-12-34-14-18-36(19-15-34)38-22-24-40(25-23-38)42(44)46-33-43(30-10-7-11-31-43)32-45-41-28-26-39(27-29-41)37-20-16-35(17-21-37)13-9-6-4-2/h22-29,34-37H,3-21,30-33H2,1-2H3. The van der Waals surface area contributed by atoms with Crippen molar-refractivity contribution >= 4 is 5.97 Å². The van der Waals surface area contributed by atoms with Crippen LogP contribution < -0.4 is 4.74 Å². The molecular weight excluding hydrogens is 564 g/mol. The van der Waals surface area contributed by atoms with Gasteiger partial charge < -0.3 is 9.47 Å². The van der Waals surface area contributed by atoms with Gasteiger partial charge in [-0.25, -0.2) is 4.79 Å². The predicted octanol–water partition coefficient (Wildman–Crippen LogP) is 12.6. The Morgan fingerprint density at radius 1 is 0.630 bits per heavy atom. The average Bonchev–Trinajstić information content (AvgIpc) is 3.11. The number of hydrogen-bond acceptors (Lipinski definition) is 3. The van der Waals surface area contributed by atoms with Gasteiger partial charge in [0.25, 0.3) is 0 Å². The molecule has 0 unspecified atom stereocenters. The van der Waals surface area contributed by atoms with Gasteiger partial charge in [0.1, 0.15) is 12.4 Å². The quantitative estimate of drug-likeness (QED) is 0.137. The molecule has 0 amide bonds. The molecule has 3 heteroatoms. The van der Waals surface area contributed by atoms with E-state index >= 15 is 0 Å². The smallest absolute Gasteiger partial charge is 0.338 e. The molecule has 3 aliphatic carbocycles. The van der Waals surface area contributed by atoms with E-state index in [9.17, 15) is 4.79 Å². The zero-order chi connectivity index (χ0) is 32.0. The lowest BCUT2D eigenvalue weighted by Crippen LogP contribution is -2.36. The van der Waals surface area contributed by atoms with Gasteiger partial charge >= 0.3 is 5.97 Å². The fourth-order valence-corrected chi connectivity index (χ4v) is 8.83.